The summed E-state index contributed by atoms with van der Waals surface area (Å²) in [6.07, 6.45) is 0. The van der Waals surface area contributed by atoms with Crippen LogP contribution in [0.15, 0.2) is 22.7 Å². The van der Waals surface area contributed by atoms with Gasteiger partial charge < -0.3 is 5.73 Å². The minimum absolute atomic E-state index is 0.734. The normalized spacial score (nSPS) is 9.90. The van der Waals surface area contributed by atoms with E-state index in [4.69, 9.17) is 11.6 Å². The van der Waals surface area contributed by atoms with Crippen molar-refractivity contribution in [2.24, 2.45) is 0 Å². The van der Waals surface area contributed by atoms with Gasteiger partial charge in [-0.3, -0.25) is 0 Å². The van der Waals surface area contributed by atoms with Crippen LogP contribution in [0.25, 0.3) is 0 Å². The van der Waals surface area contributed by atoms with E-state index < -0.39 is 0 Å². The fourth-order valence-corrected chi connectivity index (χ4v) is 1.36. The molecule has 0 aliphatic rings. The van der Waals surface area contributed by atoms with Crippen LogP contribution in [0.2, 0.25) is 5.02 Å². The monoisotopic (exact) mass is 220 g/mol. The Hall–Kier alpha value is -0.0500. The minimum atomic E-state index is 0.734. The molecule has 1 aromatic carbocycles. The van der Waals surface area contributed by atoms with Crippen molar-refractivity contribution in [2.45, 2.75) is 6.54 Å². The Bertz CT molecular complexity index is 237. The van der Waals surface area contributed by atoms with Crippen LogP contribution >= 0.6 is 27.5 Å². The molecule has 3 heteroatoms. The van der Waals surface area contributed by atoms with E-state index in [1.54, 1.807) is 0 Å². The van der Waals surface area contributed by atoms with Crippen LogP contribution in [-0.4, -0.2) is 0 Å². The zero-order chi connectivity index (χ0) is 7.56. The van der Waals surface area contributed by atoms with Gasteiger partial charge in [-0.25, -0.2) is 0 Å². The molecule has 0 saturated carbocycles. The summed E-state index contributed by atoms with van der Waals surface area (Å²) in [5, 5.41) is 0.790. The van der Waals surface area contributed by atoms with Gasteiger partial charge >= 0.3 is 0 Å². The van der Waals surface area contributed by atoms with E-state index in [-0.39, 0.29) is 0 Å². The number of hydrogen-bond acceptors (Lipinski definition) is 0. The molecular formula is C7H8BrClN+. The second-order valence-corrected chi connectivity index (χ2v) is 3.31. The van der Waals surface area contributed by atoms with Gasteiger partial charge in [0, 0.05) is 15.1 Å². The summed E-state index contributed by atoms with van der Waals surface area (Å²) in [5.74, 6) is 0. The van der Waals surface area contributed by atoms with Crippen molar-refractivity contribution in [1.29, 1.82) is 0 Å². The van der Waals surface area contributed by atoms with E-state index in [1.807, 2.05) is 18.2 Å². The van der Waals surface area contributed by atoms with Gasteiger partial charge in [0.15, 0.2) is 0 Å². The van der Waals surface area contributed by atoms with E-state index in [1.165, 1.54) is 0 Å². The van der Waals surface area contributed by atoms with Crippen molar-refractivity contribution in [3.63, 3.8) is 0 Å². The Balaban J connectivity index is 3.09. The van der Waals surface area contributed by atoms with E-state index in [9.17, 15) is 0 Å². The lowest BCUT2D eigenvalue weighted by atomic mass is 10.2. The highest BCUT2D eigenvalue weighted by molar-refractivity contribution is 9.10. The van der Waals surface area contributed by atoms with Crippen LogP contribution < -0.4 is 5.73 Å². The third kappa shape index (κ3) is 1.72. The van der Waals surface area contributed by atoms with Crippen molar-refractivity contribution in [3.05, 3.63) is 33.3 Å². The summed E-state index contributed by atoms with van der Waals surface area (Å²) >= 11 is 9.19. The summed E-state index contributed by atoms with van der Waals surface area (Å²) in [6.45, 7) is 0.734. The third-order valence-corrected chi connectivity index (χ3v) is 2.14. The first-order valence-corrected chi connectivity index (χ1v) is 4.14. The van der Waals surface area contributed by atoms with Gasteiger partial charge in [-0.1, -0.05) is 27.5 Å². The minimum Gasteiger partial charge on any atom is -0.354 e. The Morgan fingerprint density at radius 2 is 2.20 bits per heavy atom. The van der Waals surface area contributed by atoms with Crippen LogP contribution in [0.5, 0.6) is 0 Å². The molecule has 1 rings (SSSR count). The van der Waals surface area contributed by atoms with E-state index in [0.717, 1.165) is 21.6 Å². The van der Waals surface area contributed by atoms with Gasteiger partial charge in [0.25, 0.3) is 0 Å². The highest BCUT2D eigenvalue weighted by Crippen LogP contribution is 2.19. The molecule has 0 aliphatic carbocycles. The molecule has 0 heterocycles. The molecule has 0 bridgehead atoms. The smallest absolute Gasteiger partial charge is 0.101 e. The predicted octanol–water partition coefficient (Wildman–Crippen LogP) is 1.84. The van der Waals surface area contributed by atoms with Gasteiger partial charge in [0.2, 0.25) is 0 Å². The summed E-state index contributed by atoms with van der Waals surface area (Å²) in [4.78, 5) is 0. The average molecular weight is 222 g/mol. The molecule has 0 saturated heterocycles. The molecule has 1 nitrogen and oxygen atoms in total. The van der Waals surface area contributed by atoms with Crippen molar-refractivity contribution < 1.29 is 5.73 Å². The molecule has 0 atom stereocenters. The van der Waals surface area contributed by atoms with E-state index in [2.05, 4.69) is 21.7 Å². The number of hydrogen-bond donors (Lipinski definition) is 1. The van der Waals surface area contributed by atoms with Gasteiger partial charge in [-0.05, 0) is 18.2 Å². The van der Waals surface area contributed by atoms with Crippen molar-refractivity contribution in [1.82, 2.24) is 0 Å². The molecule has 0 unspecified atom stereocenters. The van der Waals surface area contributed by atoms with Crippen LogP contribution in [0.3, 0.4) is 0 Å². The molecule has 10 heavy (non-hydrogen) atoms. The largest absolute Gasteiger partial charge is 0.354 e. The molecule has 0 spiro atoms. The lowest BCUT2D eigenvalue weighted by molar-refractivity contribution is -0.386. The third-order valence-electron chi connectivity index (χ3n) is 1.28. The SMILES string of the molecule is [NH3+]Cc1cc(Br)ccc1Cl. The quantitative estimate of drug-likeness (QED) is 0.750. The Labute approximate surface area is 73.3 Å². The van der Waals surface area contributed by atoms with Crippen LogP contribution in [0, 0.1) is 0 Å². The predicted molar refractivity (Wildman–Crippen MR) is 45.7 cm³/mol. The lowest BCUT2D eigenvalue weighted by Gasteiger charge is -1.97. The highest BCUT2D eigenvalue weighted by Gasteiger charge is 1.98. The van der Waals surface area contributed by atoms with Gasteiger partial charge in [-0.2, -0.15) is 0 Å². The van der Waals surface area contributed by atoms with E-state index >= 15 is 0 Å². The fraction of sp³-hybridized carbons (Fsp3) is 0.143. The Morgan fingerprint density at radius 3 is 2.70 bits per heavy atom. The summed E-state index contributed by atoms with van der Waals surface area (Å²) < 4.78 is 1.05. The Kier molecular flexibility index (Phi) is 2.72. The van der Waals surface area contributed by atoms with Crippen LogP contribution in [-0.2, 0) is 6.54 Å². The first kappa shape index (κ1) is 8.05. The molecule has 0 aliphatic heterocycles. The fourth-order valence-electron chi connectivity index (χ4n) is 0.735. The molecule has 0 fully saturated rings. The zero-order valence-electron chi connectivity index (χ0n) is 5.40. The number of rotatable bonds is 1. The summed E-state index contributed by atoms with van der Waals surface area (Å²) in [6, 6.07) is 5.77. The maximum Gasteiger partial charge on any atom is 0.101 e. The maximum atomic E-state index is 5.84. The standard InChI is InChI=1S/C7H7BrClN/c8-6-1-2-7(9)5(3-6)4-10/h1-3H,4,10H2/p+1. The molecule has 0 aromatic heterocycles. The lowest BCUT2D eigenvalue weighted by Crippen LogP contribution is -2.47. The number of benzene rings is 1. The zero-order valence-corrected chi connectivity index (χ0v) is 7.74. The van der Waals surface area contributed by atoms with Gasteiger partial charge in [-0.15, -0.1) is 0 Å². The topological polar surface area (TPSA) is 27.6 Å². The molecule has 3 N–H and O–H groups in total. The second kappa shape index (κ2) is 3.37. The second-order valence-electron chi connectivity index (χ2n) is 1.99. The molecular weight excluding hydrogens is 213 g/mol. The van der Waals surface area contributed by atoms with Crippen LogP contribution in [0.4, 0.5) is 0 Å². The summed E-state index contributed by atoms with van der Waals surface area (Å²) in [5.41, 5.74) is 4.83. The molecule has 0 amide bonds. The van der Waals surface area contributed by atoms with Crippen molar-refractivity contribution in [3.8, 4) is 0 Å². The Morgan fingerprint density at radius 1 is 1.50 bits per heavy atom. The van der Waals surface area contributed by atoms with Crippen molar-refractivity contribution >= 4 is 27.5 Å². The maximum absolute atomic E-state index is 5.84. The number of quaternary nitrogens is 1. The molecule has 1 aromatic rings. The average Bonchev–Trinajstić information content (AvgIpc) is 1.94. The summed E-state index contributed by atoms with van der Waals surface area (Å²) in [7, 11) is 0. The highest BCUT2D eigenvalue weighted by atomic mass is 79.9. The number of halogens is 2. The van der Waals surface area contributed by atoms with Gasteiger partial charge in [0.05, 0.1) is 0 Å². The van der Waals surface area contributed by atoms with Crippen molar-refractivity contribution in [2.75, 3.05) is 0 Å². The molecule has 0 radical (unpaired) electrons. The van der Waals surface area contributed by atoms with Gasteiger partial charge in [0.1, 0.15) is 6.54 Å². The van der Waals surface area contributed by atoms with E-state index in [0.29, 0.717) is 0 Å². The molecule has 54 valence electrons. The van der Waals surface area contributed by atoms with Crippen LogP contribution in [0.1, 0.15) is 5.56 Å². The first-order valence-electron chi connectivity index (χ1n) is 2.97. The first-order chi connectivity index (χ1) is 4.74.